The van der Waals surface area contributed by atoms with Crippen molar-refractivity contribution in [3.63, 3.8) is 0 Å². The van der Waals surface area contributed by atoms with Crippen LogP contribution in [0.4, 0.5) is 8.78 Å². The van der Waals surface area contributed by atoms with Crippen LogP contribution in [0.15, 0.2) is 158 Å². The van der Waals surface area contributed by atoms with Crippen molar-refractivity contribution in [3.8, 4) is 0 Å². The fourth-order valence-electron chi connectivity index (χ4n) is 7.70. The van der Waals surface area contributed by atoms with Crippen molar-refractivity contribution in [2.75, 3.05) is 13.2 Å². The predicted octanol–water partition coefficient (Wildman–Crippen LogP) is 12.1. The highest BCUT2D eigenvalue weighted by Crippen LogP contribution is 2.42. The Morgan fingerprint density at radius 2 is 1.02 bits per heavy atom. The van der Waals surface area contributed by atoms with E-state index in [9.17, 15) is 8.78 Å². The first-order valence-electron chi connectivity index (χ1n) is 21.3. The largest absolute Gasteiger partial charge is 0.374 e. The highest BCUT2D eigenvalue weighted by Gasteiger charge is 2.49. The van der Waals surface area contributed by atoms with E-state index in [1.807, 2.05) is 133 Å². The summed E-state index contributed by atoms with van der Waals surface area (Å²) in [7, 11) is 0. The second kappa shape index (κ2) is 22.5. The van der Waals surface area contributed by atoms with Crippen LogP contribution in [0.25, 0.3) is 0 Å². The summed E-state index contributed by atoms with van der Waals surface area (Å²) in [5.41, 5.74) is 8.43. The molecule has 0 aromatic heterocycles. The Hall–Kier alpha value is -4.77. The molecule has 324 valence electrons. The van der Waals surface area contributed by atoms with Gasteiger partial charge >= 0.3 is 0 Å². The van der Waals surface area contributed by atoms with E-state index in [0.29, 0.717) is 29.2 Å². The second-order valence-electron chi connectivity index (χ2n) is 15.9. The van der Waals surface area contributed by atoms with E-state index in [0.717, 1.165) is 46.7 Å². The minimum absolute atomic E-state index is 0.131. The molecule has 1 saturated heterocycles. The fraction of sp³-hybridized carbons (Fsp3) is 0.321. The van der Waals surface area contributed by atoms with E-state index >= 15 is 0 Å². The highest BCUT2D eigenvalue weighted by atomic mass is 35.5. The van der Waals surface area contributed by atoms with Gasteiger partial charge in [0.05, 0.1) is 39.6 Å². The van der Waals surface area contributed by atoms with Gasteiger partial charge in [-0.3, -0.25) is 0 Å². The minimum atomic E-state index is -3.03. The lowest BCUT2D eigenvalue weighted by molar-refractivity contribution is -0.275. The van der Waals surface area contributed by atoms with E-state index in [-0.39, 0.29) is 33.0 Å². The Morgan fingerprint density at radius 3 is 1.53 bits per heavy atom. The van der Waals surface area contributed by atoms with Crippen molar-refractivity contribution in [2.24, 2.45) is 0 Å². The Balaban J connectivity index is 1.33. The molecule has 0 bridgehead atoms. The summed E-state index contributed by atoms with van der Waals surface area (Å²) in [5.74, 6) is -3.03. The molecule has 5 atom stereocenters. The molecule has 1 aliphatic heterocycles. The number of benzene rings is 6. The molecule has 1 aliphatic rings. The topological polar surface area (TPSA) is 55.4 Å². The van der Waals surface area contributed by atoms with Gasteiger partial charge in [-0.25, -0.2) is 8.78 Å². The third-order valence-electron chi connectivity index (χ3n) is 10.9. The van der Waals surface area contributed by atoms with Gasteiger partial charge in [-0.1, -0.05) is 170 Å². The molecular formula is C53H55ClF2O6. The number of hydrogen-bond acceptors (Lipinski definition) is 6. The Bertz CT molecular complexity index is 2220. The lowest BCUT2D eigenvalue weighted by atomic mass is 9.87. The third kappa shape index (κ3) is 13.1. The molecule has 0 unspecified atom stereocenters. The SMILES string of the molecule is CCc1ccc(Cc2cc([C@@H]3O[C@H](COCc4ccccc4)[C@@H](OCc4ccccc4)[C@H](OCc4ccccc4)[C@H]3OCc3ccccc3)c(COCC(C)(F)F)cc2Cl)cc1. The molecule has 0 spiro atoms. The Labute approximate surface area is 369 Å². The van der Waals surface area contributed by atoms with Crippen LogP contribution in [0.5, 0.6) is 0 Å². The summed E-state index contributed by atoms with van der Waals surface area (Å²) in [6, 6.07) is 52.2. The number of hydrogen-bond donors (Lipinski definition) is 0. The van der Waals surface area contributed by atoms with Crippen molar-refractivity contribution in [2.45, 2.75) is 96.2 Å². The van der Waals surface area contributed by atoms with Crippen LogP contribution in [-0.4, -0.2) is 43.6 Å². The molecule has 6 aromatic carbocycles. The van der Waals surface area contributed by atoms with Crippen molar-refractivity contribution < 1.29 is 37.2 Å². The molecule has 0 amide bonds. The van der Waals surface area contributed by atoms with Gasteiger partial charge in [-0.05, 0) is 69.0 Å². The van der Waals surface area contributed by atoms with Crippen molar-refractivity contribution in [1.29, 1.82) is 0 Å². The summed E-state index contributed by atoms with van der Waals surface area (Å²) in [6.45, 7) is 3.40. The van der Waals surface area contributed by atoms with Gasteiger partial charge in [0.2, 0.25) is 0 Å². The number of rotatable bonds is 21. The van der Waals surface area contributed by atoms with E-state index in [4.69, 9.17) is 40.0 Å². The van der Waals surface area contributed by atoms with Crippen molar-refractivity contribution in [3.05, 3.63) is 213 Å². The molecule has 6 aromatic rings. The van der Waals surface area contributed by atoms with Crippen LogP contribution >= 0.6 is 11.6 Å². The van der Waals surface area contributed by atoms with Gasteiger partial charge < -0.3 is 28.4 Å². The molecule has 1 fully saturated rings. The zero-order valence-electron chi connectivity index (χ0n) is 35.3. The molecule has 6 nitrogen and oxygen atoms in total. The van der Waals surface area contributed by atoms with Gasteiger partial charge in [0, 0.05) is 11.9 Å². The Morgan fingerprint density at radius 1 is 0.532 bits per heavy atom. The lowest BCUT2D eigenvalue weighted by Gasteiger charge is -2.47. The van der Waals surface area contributed by atoms with Gasteiger partial charge in [0.15, 0.2) is 0 Å². The maximum atomic E-state index is 14.2. The number of aryl methyl sites for hydroxylation is 1. The standard InChI is InChI=1S/C53H55ClF2O6/c1-3-38-24-26-39(27-25-38)28-44-29-46(45(30-47(44)54)35-58-37-53(2,55)56)49-51(60-33-42-20-12-6-13-21-42)52(61-34-43-22-14-7-15-23-43)50(59-32-41-18-10-5-11-19-41)48(62-49)36-57-31-40-16-8-4-9-17-40/h4-27,29-30,48-52H,3,28,31-37H2,1-2H3/t48-,49+,50-,51+,52+/m1/s1. The van der Waals surface area contributed by atoms with E-state index in [1.165, 1.54) is 5.56 Å². The third-order valence-corrected chi connectivity index (χ3v) is 11.3. The summed E-state index contributed by atoms with van der Waals surface area (Å²) in [6.07, 6.45) is -2.09. The molecule has 0 radical (unpaired) electrons. The molecule has 0 saturated carbocycles. The molecule has 62 heavy (non-hydrogen) atoms. The molecule has 7 rings (SSSR count). The molecular weight excluding hydrogens is 806 g/mol. The van der Waals surface area contributed by atoms with Crippen LogP contribution in [-0.2, 0) is 74.3 Å². The maximum absolute atomic E-state index is 14.2. The van der Waals surface area contributed by atoms with Crippen LogP contribution < -0.4 is 0 Å². The monoisotopic (exact) mass is 860 g/mol. The summed E-state index contributed by atoms with van der Waals surface area (Å²) < 4.78 is 68.7. The van der Waals surface area contributed by atoms with Crippen molar-refractivity contribution in [1.82, 2.24) is 0 Å². The van der Waals surface area contributed by atoms with Crippen molar-refractivity contribution >= 4 is 11.6 Å². The van der Waals surface area contributed by atoms with Crippen LogP contribution in [0.2, 0.25) is 5.02 Å². The second-order valence-corrected chi connectivity index (χ2v) is 16.3. The maximum Gasteiger partial charge on any atom is 0.268 e. The van der Waals surface area contributed by atoms with Crippen LogP contribution in [0, 0.1) is 0 Å². The smallest absolute Gasteiger partial charge is 0.268 e. The highest BCUT2D eigenvalue weighted by molar-refractivity contribution is 6.31. The number of alkyl halides is 2. The quantitative estimate of drug-likeness (QED) is 0.0719. The van der Waals surface area contributed by atoms with Crippen LogP contribution in [0.3, 0.4) is 0 Å². The molecule has 0 aliphatic carbocycles. The number of ether oxygens (including phenoxy) is 6. The van der Waals surface area contributed by atoms with Gasteiger partial charge in [-0.15, -0.1) is 0 Å². The molecule has 1 heterocycles. The first kappa shape index (κ1) is 45.3. The normalized spacial score (nSPS) is 19.1. The predicted molar refractivity (Wildman–Crippen MR) is 239 cm³/mol. The first-order chi connectivity index (χ1) is 30.2. The van der Waals surface area contributed by atoms with Gasteiger partial charge in [0.25, 0.3) is 5.92 Å². The molecule has 9 heteroatoms. The summed E-state index contributed by atoms with van der Waals surface area (Å²) >= 11 is 7.08. The average Bonchev–Trinajstić information content (AvgIpc) is 3.29. The minimum Gasteiger partial charge on any atom is -0.374 e. The lowest BCUT2D eigenvalue weighted by Crippen LogP contribution is -2.58. The van der Waals surface area contributed by atoms with Gasteiger partial charge in [-0.2, -0.15) is 0 Å². The zero-order valence-corrected chi connectivity index (χ0v) is 36.1. The average molecular weight is 861 g/mol. The fourth-order valence-corrected chi connectivity index (χ4v) is 7.95. The summed E-state index contributed by atoms with van der Waals surface area (Å²) in [4.78, 5) is 0. The molecule has 0 N–H and O–H groups in total. The summed E-state index contributed by atoms with van der Waals surface area (Å²) in [5, 5.41) is 0.497. The van der Waals surface area contributed by atoms with Crippen LogP contribution in [0.1, 0.15) is 70.0 Å². The van der Waals surface area contributed by atoms with E-state index in [1.54, 1.807) is 0 Å². The van der Waals surface area contributed by atoms with Gasteiger partial charge in [0.1, 0.15) is 37.1 Å². The van der Waals surface area contributed by atoms with E-state index in [2.05, 4.69) is 31.2 Å². The first-order valence-corrected chi connectivity index (χ1v) is 21.7. The zero-order chi connectivity index (χ0) is 43.2. The number of halogens is 3. The Kier molecular flexibility index (Phi) is 16.5. The van der Waals surface area contributed by atoms with E-state index < -0.39 is 43.0 Å².